The van der Waals surface area contributed by atoms with Crippen LogP contribution in [0.2, 0.25) is 0 Å². The fraction of sp³-hybridized carbons (Fsp3) is 0.273. The van der Waals surface area contributed by atoms with Gasteiger partial charge in [-0.15, -0.1) is 0 Å². The van der Waals surface area contributed by atoms with Crippen LogP contribution < -0.4 is 20.1 Å². The second-order valence-electron chi connectivity index (χ2n) is 6.28. The summed E-state index contributed by atoms with van der Waals surface area (Å²) in [5.41, 5.74) is 3.35. The first-order valence-electron chi connectivity index (χ1n) is 9.23. The molecule has 0 aliphatic carbocycles. The van der Waals surface area contributed by atoms with Crippen molar-refractivity contribution in [3.8, 4) is 11.5 Å². The lowest BCUT2D eigenvalue weighted by Crippen LogP contribution is -2.37. The molecule has 0 bridgehead atoms. The van der Waals surface area contributed by atoms with Gasteiger partial charge in [0.15, 0.2) is 17.5 Å². The molecule has 0 spiro atoms. The number of benzene rings is 2. The lowest BCUT2D eigenvalue weighted by atomic mass is 10.1. The largest absolute Gasteiger partial charge is 0.493 e. The van der Waals surface area contributed by atoms with Crippen molar-refractivity contribution in [2.75, 3.05) is 27.8 Å². The molecule has 3 rings (SSSR count). The predicted octanol–water partition coefficient (Wildman–Crippen LogP) is 3.16. The van der Waals surface area contributed by atoms with Crippen LogP contribution in [-0.4, -0.2) is 38.8 Å². The number of nitrogens with one attached hydrogen (secondary N) is 2. The van der Waals surface area contributed by atoms with Crippen LogP contribution in [-0.2, 0) is 13.0 Å². The zero-order valence-electron chi connectivity index (χ0n) is 16.5. The molecular formula is C22H26N4O2. The van der Waals surface area contributed by atoms with Crippen LogP contribution in [0.4, 0.5) is 0 Å². The number of nitrogens with zero attached hydrogens (tertiary/aromatic N) is 2. The molecule has 6 heteroatoms. The van der Waals surface area contributed by atoms with E-state index in [2.05, 4.69) is 26.7 Å². The average molecular weight is 378 g/mol. The average Bonchev–Trinajstić information content (AvgIpc) is 2.75. The van der Waals surface area contributed by atoms with Gasteiger partial charge in [-0.1, -0.05) is 24.3 Å². The third-order valence-electron chi connectivity index (χ3n) is 4.56. The third-order valence-corrected chi connectivity index (χ3v) is 4.56. The van der Waals surface area contributed by atoms with E-state index in [4.69, 9.17) is 9.47 Å². The van der Waals surface area contributed by atoms with Crippen LogP contribution >= 0.6 is 0 Å². The number of pyridine rings is 1. The van der Waals surface area contributed by atoms with Gasteiger partial charge in [-0.3, -0.25) is 9.98 Å². The number of fused-ring (bicyclic) bond motifs is 1. The normalized spacial score (nSPS) is 11.3. The Morgan fingerprint density at radius 1 is 1.00 bits per heavy atom. The van der Waals surface area contributed by atoms with Crippen molar-refractivity contribution in [2.45, 2.75) is 13.0 Å². The highest BCUT2D eigenvalue weighted by atomic mass is 16.5. The van der Waals surface area contributed by atoms with Crippen LogP contribution in [0.1, 0.15) is 11.1 Å². The second kappa shape index (κ2) is 9.60. The fourth-order valence-electron chi connectivity index (χ4n) is 3.07. The van der Waals surface area contributed by atoms with Crippen LogP contribution in [0, 0.1) is 0 Å². The van der Waals surface area contributed by atoms with Crippen molar-refractivity contribution in [3.63, 3.8) is 0 Å². The van der Waals surface area contributed by atoms with E-state index in [1.807, 2.05) is 48.7 Å². The Hall–Kier alpha value is -3.28. The molecule has 28 heavy (non-hydrogen) atoms. The molecule has 0 saturated heterocycles. The van der Waals surface area contributed by atoms with Crippen molar-refractivity contribution in [1.82, 2.24) is 15.6 Å². The molecule has 2 N–H and O–H groups in total. The Labute approximate surface area is 165 Å². The van der Waals surface area contributed by atoms with E-state index in [-0.39, 0.29) is 0 Å². The van der Waals surface area contributed by atoms with Crippen LogP contribution in [0.5, 0.6) is 11.5 Å². The Bertz CT molecular complexity index is 951. The fourth-order valence-corrected chi connectivity index (χ4v) is 3.07. The maximum absolute atomic E-state index is 5.36. The van der Waals surface area contributed by atoms with Gasteiger partial charge in [0.05, 0.1) is 19.7 Å². The van der Waals surface area contributed by atoms with E-state index < -0.39 is 0 Å². The molecular weight excluding hydrogens is 352 g/mol. The first kappa shape index (κ1) is 19.5. The lowest BCUT2D eigenvalue weighted by Gasteiger charge is -2.14. The van der Waals surface area contributed by atoms with Crippen molar-refractivity contribution >= 4 is 16.9 Å². The Morgan fingerprint density at radius 2 is 1.82 bits per heavy atom. The SMILES string of the molecule is CN=C(NCCc1ccc(OC)c(OC)c1)NCc1ccnc2ccccc12. The predicted molar refractivity (Wildman–Crippen MR) is 113 cm³/mol. The number of rotatable bonds is 7. The van der Waals surface area contributed by atoms with Crippen molar-refractivity contribution in [2.24, 2.45) is 4.99 Å². The van der Waals surface area contributed by atoms with Gasteiger partial charge in [-0.05, 0) is 41.8 Å². The molecule has 146 valence electrons. The summed E-state index contributed by atoms with van der Waals surface area (Å²) >= 11 is 0. The highest BCUT2D eigenvalue weighted by molar-refractivity contribution is 5.83. The number of guanidine groups is 1. The van der Waals surface area contributed by atoms with Gasteiger partial charge in [0.2, 0.25) is 0 Å². The zero-order chi connectivity index (χ0) is 19.8. The summed E-state index contributed by atoms with van der Waals surface area (Å²) in [6.07, 6.45) is 2.69. The number of ether oxygens (including phenoxy) is 2. The summed E-state index contributed by atoms with van der Waals surface area (Å²) in [4.78, 5) is 8.72. The first-order valence-corrected chi connectivity index (χ1v) is 9.23. The number of hydrogen-bond acceptors (Lipinski definition) is 4. The van der Waals surface area contributed by atoms with Gasteiger partial charge >= 0.3 is 0 Å². The summed E-state index contributed by atoms with van der Waals surface area (Å²) in [5, 5.41) is 7.88. The Balaban J connectivity index is 1.55. The smallest absolute Gasteiger partial charge is 0.191 e. The molecule has 3 aromatic rings. The topological polar surface area (TPSA) is 67.8 Å². The van der Waals surface area contributed by atoms with Gasteiger partial charge < -0.3 is 20.1 Å². The molecule has 0 aliphatic rings. The molecule has 0 amide bonds. The van der Waals surface area contributed by atoms with Crippen LogP contribution in [0.3, 0.4) is 0 Å². The summed E-state index contributed by atoms with van der Waals surface area (Å²) in [7, 11) is 5.06. The molecule has 0 aliphatic heterocycles. The monoisotopic (exact) mass is 378 g/mol. The van der Waals surface area contributed by atoms with Crippen LogP contribution in [0.15, 0.2) is 59.7 Å². The van der Waals surface area contributed by atoms with E-state index in [1.54, 1.807) is 21.3 Å². The molecule has 1 aromatic heterocycles. The molecule has 0 fully saturated rings. The van der Waals surface area contributed by atoms with E-state index in [0.717, 1.165) is 41.3 Å². The summed E-state index contributed by atoms with van der Waals surface area (Å²) in [6, 6.07) is 16.1. The maximum Gasteiger partial charge on any atom is 0.191 e. The quantitative estimate of drug-likeness (QED) is 0.488. The molecule has 2 aromatic carbocycles. The molecule has 1 heterocycles. The maximum atomic E-state index is 5.36. The zero-order valence-corrected chi connectivity index (χ0v) is 16.5. The van der Waals surface area contributed by atoms with Gasteiger partial charge in [-0.2, -0.15) is 0 Å². The highest BCUT2D eigenvalue weighted by Crippen LogP contribution is 2.27. The summed E-state index contributed by atoms with van der Waals surface area (Å²) < 4.78 is 10.6. The van der Waals surface area contributed by atoms with Gasteiger partial charge in [0, 0.05) is 31.7 Å². The second-order valence-corrected chi connectivity index (χ2v) is 6.28. The molecule has 0 unspecified atom stereocenters. The lowest BCUT2D eigenvalue weighted by molar-refractivity contribution is 0.354. The van der Waals surface area contributed by atoms with Gasteiger partial charge in [0.1, 0.15) is 0 Å². The van der Waals surface area contributed by atoms with Crippen molar-refractivity contribution < 1.29 is 9.47 Å². The number of methoxy groups -OCH3 is 2. The van der Waals surface area contributed by atoms with Crippen LogP contribution in [0.25, 0.3) is 10.9 Å². The first-order chi connectivity index (χ1) is 13.7. The number of para-hydroxylation sites is 1. The number of aromatic nitrogens is 1. The molecule has 0 atom stereocenters. The van der Waals surface area contributed by atoms with E-state index >= 15 is 0 Å². The number of hydrogen-bond donors (Lipinski definition) is 2. The van der Waals surface area contributed by atoms with Crippen molar-refractivity contribution in [1.29, 1.82) is 0 Å². The minimum Gasteiger partial charge on any atom is -0.493 e. The third kappa shape index (κ3) is 4.71. The minimum absolute atomic E-state index is 0.680. The van der Waals surface area contributed by atoms with Crippen molar-refractivity contribution in [3.05, 3.63) is 65.9 Å². The van der Waals surface area contributed by atoms with E-state index in [1.165, 1.54) is 11.1 Å². The number of aliphatic imine (C=N–C) groups is 1. The molecule has 6 nitrogen and oxygen atoms in total. The highest BCUT2D eigenvalue weighted by Gasteiger charge is 2.06. The van der Waals surface area contributed by atoms with Gasteiger partial charge in [-0.25, -0.2) is 0 Å². The molecule has 0 radical (unpaired) electrons. The standard InChI is InChI=1S/C22H26N4O2/c1-23-22(25-12-10-16-8-9-20(27-2)21(14-16)28-3)26-15-17-11-13-24-19-7-5-4-6-18(17)19/h4-9,11,13-14H,10,12,15H2,1-3H3,(H2,23,25,26). The Morgan fingerprint density at radius 3 is 2.61 bits per heavy atom. The van der Waals surface area contributed by atoms with E-state index in [0.29, 0.717) is 6.54 Å². The van der Waals surface area contributed by atoms with E-state index in [9.17, 15) is 0 Å². The molecule has 0 saturated carbocycles. The summed E-state index contributed by atoms with van der Waals surface area (Å²) in [6.45, 7) is 1.44. The summed E-state index contributed by atoms with van der Waals surface area (Å²) in [5.74, 6) is 2.25. The van der Waals surface area contributed by atoms with Gasteiger partial charge in [0.25, 0.3) is 0 Å². The Kier molecular flexibility index (Phi) is 6.68. The minimum atomic E-state index is 0.680.